The van der Waals surface area contributed by atoms with Crippen LogP contribution in [0.3, 0.4) is 0 Å². The summed E-state index contributed by atoms with van der Waals surface area (Å²) in [5.41, 5.74) is 16.3. The highest BCUT2D eigenvalue weighted by atomic mass is 35.5. The Balaban J connectivity index is 3.09. The van der Waals surface area contributed by atoms with Crippen LogP contribution >= 0.6 is 11.6 Å². The zero-order valence-electron chi connectivity index (χ0n) is 8.64. The van der Waals surface area contributed by atoms with Crippen LogP contribution in [0.1, 0.15) is 0 Å². The van der Waals surface area contributed by atoms with Crippen LogP contribution in [0.5, 0.6) is 5.75 Å². The van der Waals surface area contributed by atoms with Crippen LogP contribution in [0, 0.1) is 0 Å². The van der Waals surface area contributed by atoms with Gasteiger partial charge in [0.05, 0.1) is 7.11 Å². The van der Waals surface area contributed by atoms with Crippen molar-refractivity contribution in [2.24, 2.45) is 27.2 Å². The third-order valence-electron chi connectivity index (χ3n) is 1.62. The zero-order valence-corrected chi connectivity index (χ0v) is 9.40. The number of methoxy groups -OCH3 is 1. The third kappa shape index (κ3) is 3.32. The van der Waals surface area contributed by atoms with E-state index >= 15 is 0 Å². The smallest absolute Gasteiger partial charge is 0.223 e. The van der Waals surface area contributed by atoms with Crippen molar-refractivity contribution in [1.29, 1.82) is 0 Å². The number of hydrogen-bond acceptors (Lipinski definition) is 2. The molecule has 16 heavy (non-hydrogen) atoms. The van der Waals surface area contributed by atoms with E-state index in [-0.39, 0.29) is 11.9 Å². The summed E-state index contributed by atoms with van der Waals surface area (Å²) in [6, 6.07) is 4.92. The van der Waals surface area contributed by atoms with Crippen molar-refractivity contribution in [3.63, 3.8) is 0 Å². The quantitative estimate of drug-likeness (QED) is 0.519. The first kappa shape index (κ1) is 12.1. The van der Waals surface area contributed by atoms with Crippen molar-refractivity contribution in [3.8, 4) is 5.75 Å². The Bertz CT molecular complexity index is 440. The first-order chi connectivity index (χ1) is 7.52. The normalized spacial score (nSPS) is 11.0. The number of guanidine groups is 2. The molecular formula is C9H12ClN5O. The van der Waals surface area contributed by atoms with Gasteiger partial charge in [-0.15, -0.1) is 0 Å². The van der Waals surface area contributed by atoms with E-state index in [2.05, 4.69) is 9.98 Å². The molecule has 1 aromatic carbocycles. The molecule has 0 unspecified atom stereocenters. The van der Waals surface area contributed by atoms with Crippen LogP contribution in [0.2, 0.25) is 5.02 Å². The maximum Gasteiger partial charge on any atom is 0.223 e. The molecular weight excluding hydrogens is 230 g/mol. The van der Waals surface area contributed by atoms with Gasteiger partial charge in [-0.25, -0.2) is 4.99 Å². The molecule has 7 heteroatoms. The topological polar surface area (TPSA) is 112 Å². The fourth-order valence-electron chi connectivity index (χ4n) is 1.02. The average Bonchev–Trinajstić information content (AvgIpc) is 2.19. The van der Waals surface area contributed by atoms with Crippen molar-refractivity contribution in [2.75, 3.05) is 7.11 Å². The molecule has 0 aromatic heterocycles. The highest BCUT2D eigenvalue weighted by Crippen LogP contribution is 2.30. The molecule has 0 aliphatic rings. The van der Waals surface area contributed by atoms with Gasteiger partial charge < -0.3 is 21.9 Å². The highest BCUT2D eigenvalue weighted by molar-refractivity contribution is 6.30. The summed E-state index contributed by atoms with van der Waals surface area (Å²) < 4.78 is 5.07. The molecule has 0 heterocycles. The van der Waals surface area contributed by atoms with Gasteiger partial charge in [0, 0.05) is 11.1 Å². The molecule has 86 valence electrons. The Morgan fingerprint density at radius 2 is 2.00 bits per heavy atom. The van der Waals surface area contributed by atoms with Crippen LogP contribution in [-0.4, -0.2) is 19.0 Å². The Labute approximate surface area is 97.8 Å². The van der Waals surface area contributed by atoms with Gasteiger partial charge in [0.25, 0.3) is 0 Å². The summed E-state index contributed by atoms with van der Waals surface area (Å²) in [7, 11) is 1.50. The summed E-state index contributed by atoms with van der Waals surface area (Å²) in [5.74, 6) is 0.274. The molecule has 0 amide bonds. The van der Waals surface area contributed by atoms with E-state index in [0.29, 0.717) is 16.5 Å². The summed E-state index contributed by atoms with van der Waals surface area (Å²) >= 11 is 5.79. The van der Waals surface area contributed by atoms with Gasteiger partial charge in [0.15, 0.2) is 5.96 Å². The van der Waals surface area contributed by atoms with Crippen LogP contribution in [-0.2, 0) is 0 Å². The number of ether oxygens (including phenoxy) is 1. The molecule has 0 atom stereocenters. The maximum absolute atomic E-state index is 5.79. The standard InChI is InChI=1S/C9H12ClN5O/c1-16-7-4-5(10)2-3-6(7)14-9(13)15-8(11)12/h2-4H,1H3,(H6,11,12,13,14,15). The lowest BCUT2D eigenvalue weighted by atomic mass is 10.3. The van der Waals surface area contributed by atoms with E-state index in [1.165, 1.54) is 7.11 Å². The average molecular weight is 242 g/mol. The van der Waals surface area contributed by atoms with Gasteiger partial charge in [-0.3, -0.25) is 0 Å². The first-order valence-electron chi connectivity index (χ1n) is 4.30. The van der Waals surface area contributed by atoms with Crippen molar-refractivity contribution < 1.29 is 4.74 Å². The molecule has 6 nitrogen and oxygen atoms in total. The minimum atomic E-state index is -0.158. The van der Waals surface area contributed by atoms with Gasteiger partial charge in [0.1, 0.15) is 11.4 Å². The number of nitrogens with two attached hydrogens (primary N) is 3. The van der Waals surface area contributed by atoms with Crippen LogP contribution in [0.15, 0.2) is 28.2 Å². The fourth-order valence-corrected chi connectivity index (χ4v) is 1.19. The van der Waals surface area contributed by atoms with Crippen LogP contribution in [0.25, 0.3) is 0 Å². The summed E-state index contributed by atoms with van der Waals surface area (Å²) in [6.45, 7) is 0. The van der Waals surface area contributed by atoms with Gasteiger partial charge in [0.2, 0.25) is 5.96 Å². The molecule has 6 N–H and O–H groups in total. The minimum absolute atomic E-state index is 0.0550. The predicted molar refractivity (Wildman–Crippen MR) is 65.1 cm³/mol. The lowest BCUT2D eigenvalue weighted by Crippen LogP contribution is -2.26. The minimum Gasteiger partial charge on any atom is -0.494 e. The molecule has 0 aliphatic carbocycles. The summed E-state index contributed by atoms with van der Waals surface area (Å²) in [5, 5.41) is 0.538. The fraction of sp³-hybridized carbons (Fsp3) is 0.111. The second kappa shape index (κ2) is 5.22. The van der Waals surface area contributed by atoms with Gasteiger partial charge in [-0.05, 0) is 12.1 Å². The van der Waals surface area contributed by atoms with Crippen LogP contribution < -0.4 is 21.9 Å². The Hall–Kier alpha value is -1.95. The van der Waals surface area contributed by atoms with E-state index in [0.717, 1.165) is 0 Å². The molecule has 0 aliphatic heterocycles. The summed E-state index contributed by atoms with van der Waals surface area (Å²) in [6.07, 6.45) is 0. The monoisotopic (exact) mass is 241 g/mol. The number of nitrogens with zero attached hydrogens (tertiary/aromatic N) is 2. The molecule has 0 bridgehead atoms. The number of benzene rings is 1. The molecule has 0 fully saturated rings. The number of hydrogen-bond donors (Lipinski definition) is 3. The first-order valence-corrected chi connectivity index (χ1v) is 4.68. The maximum atomic E-state index is 5.79. The highest BCUT2D eigenvalue weighted by Gasteiger charge is 2.03. The number of halogens is 1. The van der Waals surface area contributed by atoms with Crippen LogP contribution in [0.4, 0.5) is 5.69 Å². The molecule has 0 saturated carbocycles. The van der Waals surface area contributed by atoms with E-state index in [1.54, 1.807) is 18.2 Å². The van der Waals surface area contributed by atoms with E-state index in [1.807, 2.05) is 0 Å². The second-order valence-corrected chi connectivity index (χ2v) is 3.26. The Kier molecular flexibility index (Phi) is 3.96. The van der Waals surface area contributed by atoms with E-state index in [4.69, 9.17) is 33.5 Å². The molecule has 0 saturated heterocycles. The molecule has 0 radical (unpaired) electrons. The van der Waals surface area contributed by atoms with Gasteiger partial charge in [-0.1, -0.05) is 11.6 Å². The van der Waals surface area contributed by atoms with Crippen molar-refractivity contribution >= 4 is 29.2 Å². The molecule has 0 spiro atoms. The lowest BCUT2D eigenvalue weighted by Gasteiger charge is -2.04. The van der Waals surface area contributed by atoms with Gasteiger partial charge >= 0.3 is 0 Å². The number of aliphatic imine (C=N–C) groups is 2. The Morgan fingerprint density at radius 3 is 2.56 bits per heavy atom. The SMILES string of the molecule is COc1cc(Cl)ccc1N=C(N)N=C(N)N. The Morgan fingerprint density at radius 1 is 1.31 bits per heavy atom. The van der Waals surface area contributed by atoms with Gasteiger partial charge in [-0.2, -0.15) is 4.99 Å². The van der Waals surface area contributed by atoms with Crippen molar-refractivity contribution in [2.45, 2.75) is 0 Å². The zero-order chi connectivity index (χ0) is 12.1. The van der Waals surface area contributed by atoms with E-state index in [9.17, 15) is 0 Å². The largest absolute Gasteiger partial charge is 0.494 e. The number of rotatable bonds is 2. The van der Waals surface area contributed by atoms with Crippen molar-refractivity contribution in [3.05, 3.63) is 23.2 Å². The second-order valence-electron chi connectivity index (χ2n) is 2.82. The van der Waals surface area contributed by atoms with Crippen molar-refractivity contribution in [1.82, 2.24) is 0 Å². The predicted octanol–water partition coefficient (Wildman–Crippen LogP) is 0.568. The molecule has 1 aromatic rings. The van der Waals surface area contributed by atoms with E-state index < -0.39 is 0 Å². The molecule has 1 rings (SSSR count). The summed E-state index contributed by atoms with van der Waals surface area (Å²) in [4.78, 5) is 7.56. The lowest BCUT2D eigenvalue weighted by molar-refractivity contribution is 0.416. The third-order valence-corrected chi connectivity index (χ3v) is 1.86.